The predicted octanol–water partition coefficient (Wildman–Crippen LogP) is 2.12. The fourth-order valence-electron chi connectivity index (χ4n) is 1.07. The number of rotatable bonds is 4. The first-order valence-electron chi connectivity index (χ1n) is 4.52. The molecule has 0 aromatic carbocycles. The van der Waals surface area contributed by atoms with Gasteiger partial charge in [-0.3, -0.25) is 10.1 Å². The summed E-state index contributed by atoms with van der Waals surface area (Å²) >= 11 is 0. The third-order valence-corrected chi connectivity index (χ3v) is 1.90. The Hall–Kier alpha value is -1.91. The zero-order chi connectivity index (χ0) is 11.3. The van der Waals surface area contributed by atoms with Crippen LogP contribution >= 0.6 is 0 Å². The maximum Gasteiger partial charge on any atom is 0.246 e. The van der Waals surface area contributed by atoms with Gasteiger partial charge in [0.25, 0.3) is 0 Å². The van der Waals surface area contributed by atoms with Crippen LogP contribution in [0, 0.1) is 10.1 Å². The van der Waals surface area contributed by atoms with Gasteiger partial charge >= 0.3 is 0 Å². The Balaban J connectivity index is 2.92. The second-order valence-electron chi connectivity index (χ2n) is 2.88. The molecule has 0 amide bonds. The molecule has 80 valence electrons. The molecule has 0 saturated heterocycles. The molecule has 1 rings (SSSR count). The predicted molar refractivity (Wildman–Crippen MR) is 56.1 cm³/mol. The Kier molecular flexibility index (Phi) is 3.79. The standard InChI is InChI=1S/C10H12N2O3/c1-3-9(12(13)14)6-8-4-5-10(15-2)11-7-8/h4-7H,3H2,1-2H3/b9-6-. The van der Waals surface area contributed by atoms with E-state index in [0.717, 1.165) is 0 Å². The smallest absolute Gasteiger partial charge is 0.246 e. The van der Waals surface area contributed by atoms with E-state index >= 15 is 0 Å². The number of aromatic nitrogens is 1. The van der Waals surface area contributed by atoms with E-state index in [2.05, 4.69) is 4.98 Å². The lowest BCUT2D eigenvalue weighted by Gasteiger charge is -1.98. The van der Waals surface area contributed by atoms with Crippen molar-refractivity contribution in [1.82, 2.24) is 4.98 Å². The molecule has 0 aliphatic carbocycles. The molecule has 0 atom stereocenters. The average Bonchev–Trinajstić information content (AvgIpc) is 2.26. The lowest BCUT2D eigenvalue weighted by atomic mass is 10.2. The molecule has 0 fully saturated rings. The van der Waals surface area contributed by atoms with Crippen LogP contribution in [-0.4, -0.2) is 17.0 Å². The van der Waals surface area contributed by atoms with Gasteiger partial charge in [0.2, 0.25) is 11.6 Å². The van der Waals surface area contributed by atoms with Crippen LogP contribution in [0.25, 0.3) is 6.08 Å². The van der Waals surface area contributed by atoms with Crippen LogP contribution in [0.5, 0.6) is 5.88 Å². The Morgan fingerprint density at radius 3 is 2.80 bits per heavy atom. The van der Waals surface area contributed by atoms with E-state index in [-0.39, 0.29) is 10.6 Å². The van der Waals surface area contributed by atoms with Gasteiger partial charge in [-0.25, -0.2) is 4.98 Å². The molecule has 0 aliphatic rings. The third-order valence-electron chi connectivity index (χ3n) is 1.90. The lowest BCUT2D eigenvalue weighted by molar-refractivity contribution is -0.425. The Labute approximate surface area is 87.6 Å². The maximum absolute atomic E-state index is 10.6. The summed E-state index contributed by atoms with van der Waals surface area (Å²) in [5, 5.41) is 10.6. The molecule has 5 nitrogen and oxygen atoms in total. The second kappa shape index (κ2) is 5.09. The van der Waals surface area contributed by atoms with Gasteiger partial charge in [-0.2, -0.15) is 0 Å². The molecule has 1 aromatic rings. The minimum atomic E-state index is -0.385. The van der Waals surface area contributed by atoms with Crippen molar-refractivity contribution < 1.29 is 9.66 Å². The van der Waals surface area contributed by atoms with Gasteiger partial charge in [0.1, 0.15) is 0 Å². The van der Waals surface area contributed by atoms with E-state index in [1.807, 2.05) is 0 Å². The Bertz CT molecular complexity index is 371. The van der Waals surface area contributed by atoms with Crippen molar-refractivity contribution >= 4 is 6.08 Å². The summed E-state index contributed by atoms with van der Waals surface area (Å²) in [7, 11) is 1.52. The molecule has 0 N–H and O–H groups in total. The van der Waals surface area contributed by atoms with Gasteiger partial charge in [0.05, 0.1) is 12.0 Å². The number of pyridine rings is 1. The van der Waals surface area contributed by atoms with E-state index < -0.39 is 0 Å². The van der Waals surface area contributed by atoms with Crippen molar-refractivity contribution in [2.24, 2.45) is 0 Å². The highest BCUT2D eigenvalue weighted by atomic mass is 16.6. The summed E-state index contributed by atoms with van der Waals surface area (Å²) in [6.07, 6.45) is 3.43. The monoisotopic (exact) mass is 208 g/mol. The number of nitro groups is 1. The third kappa shape index (κ3) is 3.05. The number of hydrogen-bond acceptors (Lipinski definition) is 4. The molecule has 1 aromatic heterocycles. The molecule has 0 radical (unpaired) electrons. The fraction of sp³-hybridized carbons (Fsp3) is 0.300. The van der Waals surface area contributed by atoms with Crippen LogP contribution in [0.4, 0.5) is 0 Å². The number of methoxy groups -OCH3 is 1. The average molecular weight is 208 g/mol. The minimum Gasteiger partial charge on any atom is -0.481 e. The first-order chi connectivity index (χ1) is 7.17. The minimum absolute atomic E-state index is 0.168. The summed E-state index contributed by atoms with van der Waals surface area (Å²) in [6, 6.07) is 3.39. The summed E-state index contributed by atoms with van der Waals surface area (Å²) < 4.78 is 4.88. The van der Waals surface area contributed by atoms with Crippen molar-refractivity contribution in [3.63, 3.8) is 0 Å². The summed E-state index contributed by atoms with van der Waals surface area (Å²) in [6.45, 7) is 1.74. The van der Waals surface area contributed by atoms with Crippen molar-refractivity contribution in [2.75, 3.05) is 7.11 Å². The van der Waals surface area contributed by atoms with Gasteiger partial charge in [-0.15, -0.1) is 0 Å². The molecule has 0 saturated carbocycles. The SMILES string of the molecule is CC/C(=C/c1ccc(OC)nc1)[N+](=O)[O-]. The number of allylic oxidation sites excluding steroid dienone is 1. The molecular formula is C10H12N2O3. The fourth-order valence-corrected chi connectivity index (χ4v) is 1.07. The molecule has 5 heteroatoms. The quantitative estimate of drug-likeness (QED) is 0.561. The largest absolute Gasteiger partial charge is 0.481 e. The van der Waals surface area contributed by atoms with Crippen LogP contribution in [0.2, 0.25) is 0 Å². The molecule has 0 spiro atoms. The first kappa shape index (κ1) is 11.2. The van der Waals surface area contributed by atoms with Gasteiger partial charge in [0.15, 0.2) is 0 Å². The van der Waals surface area contributed by atoms with E-state index in [1.54, 1.807) is 19.1 Å². The number of nitrogens with zero attached hydrogens (tertiary/aromatic N) is 2. The van der Waals surface area contributed by atoms with Gasteiger partial charge in [-0.1, -0.05) is 6.92 Å². The zero-order valence-electron chi connectivity index (χ0n) is 8.64. The van der Waals surface area contributed by atoms with E-state index in [4.69, 9.17) is 4.74 Å². The molecule has 15 heavy (non-hydrogen) atoms. The Morgan fingerprint density at radius 1 is 1.67 bits per heavy atom. The van der Waals surface area contributed by atoms with E-state index in [9.17, 15) is 10.1 Å². The highest BCUT2D eigenvalue weighted by Crippen LogP contribution is 2.12. The van der Waals surface area contributed by atoms with E-state index in [0.29, 0.717) is 17.9 Å². The van der Waals surface area contributed by atoms with Crippen LogP contribution < -0.4 is 4.74 Å². The Morgan fingerprint density at radius 2 is 2.40 bits per heavy atom. The topological polar surface area (TPSA) is 65.3 Å². The van der Waals surface area contributed by atoms with Crippen molar-refractivity contribution in [3.05, 3.63) is 39.7 Å². The van der Waals surface area contributed by atoms with Gasteiger partial charge in [-0.05, 0) is 11.6 Å². The molecular weight excluding hydrogens is 196 g/mol. The maximum atomic E-state index is 10.6. The second-order valence-corrected chi connectivity index (χ2v) is 2.88. The normalized spacial score (nSPS) is 11.2. The lowest BCUT2D eigenvalue weighted by Crippen LogP contribution is -1.96. The molecule has 0 aliphatic heterocycles. The van der Waals surface area contributed by atoms with Crippen LogP contribution in [-0.2, 0) is 0 Å². The number of ether oxygens (including phenoxy) is 1. The zero-order valence-corrected chi connectivity index (χ0v) is 8.64. The summed E-state index contributed by atoms with van der Waals surface area (Å²) in [4.78, 5) is 14.1. The number of hydrogen-bond donors (Lipinski definition) is 0. The molecule has 1 heterocycles. The van der Waals surface area contributed by atoms with E-state index in [1.165, 1.54) is 19.4 Å². The van der Waals surface area contributed by atoms with Crippen molar-refractivity contribution in [1.29, 1.82) is 0 Å². The van der Waals surface area contributed by atoms with Crippen molar-refractivity contribution in [2.45, 2.75) is 13.3 Å². The van der Waals surface area contributed by atoms with Crippen LogP contribution in [0.15, 0.2) is 24.0 Å². The molecule has 0 unspecified atom stereocenters. The van der Waals surface area contributed by atoms with Crippen molar-refractivity contribution in [3.8, 4) is 5.88 Å². The first-order valence-corrected chi connectivity index (χ1v) is 4.52. The summed E-state index contributed by atoms with van der Waals surface area (Å²) in [5.74, 6) is 0.492. The highest BCUT2D eigenvalue weighted by molar-refractivity contribution is 5.50. The summed E-state index contributed by atoms with van der Waals surface area (Å²) in [5.41, 5.74) is 0.867. The highest BCUT2D eigenvalue weighted by Gasteiger charge is 2.06. The molecule has 0 bridgehead atoms. The van der Waals surface area contributed by atoms with Crippen LogP contribution in [0.1, 0.15) is 18.9 Å². The van der Waals surface area contributed by atoms with Gasteiger partial charge < -0.3 is 4.74 Å². The van der Waals surface area contributed by atoms with Gasteiger partial charge in [0, 0.05) is 24.8 Å². The van der Waals surface area contributed by atoms with Crippen LogP contribution in [0.3, 0.4) is 0 Å².